The first-order valence-electron chi connectivity index (χ1n) is 13.8. The molecule has 0 saturated carbocycles. The molecule has 37 heavy (non-hydrogen) atoms. The van der Waals surface area contributed by atoms with Gasteiger partial charge in [-0.1, -0.05) is 45.7 Å². The first-order chi connectivity index (χ1) is 18.0. The number of hydrogen-bond acceptors (Lipinski definition) is 5. The predicted octanol–water partition coefficient (Wildman–Crippen LogP) is 5.99. The molecule has 0 N–H and O–H groups in total. The number of nitrogens with zero attached hydrogens (tertiary/aromatic N) is 3. The van der Waals surface area contributed by atoms with Crippen LogP contribution in [0.15, 0.2) is 36.4 Å². The number of methoxy groups -OCH3 is 2. The third-order valence-corrected chi connectivity index (χ3v) is 7.10. The SMILES string of the molecule is CCCCCOc1cc(N2CCCN(Cc3ccc(CCN(CC)CC)cc3OC)C2=O)ccc1OC. The van der Waals surface area contributed by atoms with Gasteiger partial charge in [-0.05, 0) is 56.1 Å². The maximum Gasteiger partial charge on any atom is 0.324 e. The highest BCUT2D eigenvalue weighted by Crippen LogP contribution is 2.34. The van der Waals surface area contributed by atoms with Crippen LogP contribution in [0.1, 0.15) is 57.6 Å². The van der Waals surface area contributed by atoms with Crippen molar-refractivity contribution in [2.75, 3.05) is 58.5 Å². The van der Waals surface area contributed by atoms with E-state index in [4.69, 9.17) is 14.2 Å². The van der Waals surface area contributed by atoms with Gasteiger partial charge in [0.1, 0.15) is 5.75 Å². The lowest BCUT2D eigenvalue weighted by atomic mass is 10.1. The Morgan fingerprint density at radius 2 is 1.68 bits per heavy atom. The zero-order valence-electron chi connectivity index (χ0n) is 23.4. The van der Waals surface area contributed by atoms with Gasteiger partial charge < -0.3 is 24.0 Å². The number of unbranched alkanes of at least 4 members (excludes halogenated alkanes) is 2. The van der Waals surface area contributed by atoms with Gasteiger partial charge in [0.2, 0.25) is 0 Å². The molecule has 0 bridgehead atoms. The van der Waals surface area contributed by atoms with Crippen LogP contribution in [0.5, 0.6) is 17.2 Å². The summed E-state index contributed by atoms with van der Waals surface area (Å²) in [6.45, 7) is 12.3. The van der Waals surface area contributed by atoms with Gasteiger partial charge in [-0.15, -0.1) is 0 Å². The second kappa shape index (κ2) is 14.7. The Labute approximate surface area is 223 Å². The fourth-order valence-corrected chi connectivity index (χ4v) is 4.76. The third-order valence-electron chi connectivity index (χ3n) is 7.10. The van der Waals surface area contributed by atoms with Crippen molar-refractivity contribution < 1.29 is 19.0 Å². The Balaban J connectivity index is 1.71. The van der Waals surface area contributed by atoms with Crippen LogP contribution in [-0.4, -0.2) is 69.4 Å². The first-order valence-corrected chi connectivity index (χ1v) is 13.8. The molecule has 0 spiro atoms. The van der Waals surface area contributed by atoms with E-state index in [2.05, 4.69) is 43.9 Å². The molecule has 2 aromatic rings. The lowest BCUT2D eigenvalue weighted by Gasteiger charge is -2.36. The van der Waals surface area contributed by atoms with E-state index in [-0.39, 0.29) is 6.03 Å². The number of carbonyl (C=O) groups is 1. The molecule has 3 rings (SSSR count). The van der Waals surface area contributed by atoms with Gasteiger partial charge in [0, 0.05) is 37.0 Å². The minimum atomic E-state index is 0.000938. The molecular formula is C30H45N3O4. The van der Waals surface area contributed by atoms with Gasteiger partial charge in [-0.25, -0.2) is 4.79 Å². The highest BCUT2D eigenvalue weighted by atomic mass is 16.5. The minimum Gasteiger partial charge on any atom is -0.496 e. The van der Waals surface area contributed by atoms with Crippen LogP contribution in [0.3, 0.4) is 0 Å². The molecule has 1 aliphatic rings. The van der Waals surface area contributed by atoms with Gasteiger partial charge in [0.25, 0.3) is 0 Å². The standard InChI is InChI=1S/C30H45N3O4/c1-6-9-10-20-37-29-22-26(14-15-27(29)35-4)33-18-11-17-32(30(33)34)23-25-13-12-24(21-28(25)36-5)16-19-31(7-2)8-3/h12-15,21-22H,6-11,16-20,23H2,1-5H3. The number of amides is 2. The van der Waals surface area contributed by atoms with E-state index in [1.165, 1.54) is 5.56 Å². The van der Waals surface area contributed by atoms with Crippen molar-refractivity contribution in [2.45, 2.75) is 59.4 Å². The Hall–Kier alpha value is -2.93. The largest absolute Gasteiger partial charge is 0.496 e. The molecule has 1 heterocycles. The first kappa shape index (κ1) is 28.6. The van der Waals surface area contributed by atoms with E-state index < -0.39 is 0 Å². The van der Waals surface area contributed by atoms with Gasteiger partial charge >= 0.3 is 6.03 Å². The average molecular weight is 512 g/mol. The van der Waals surface area contributed by atoms with Crippen LogP contribution in [0, 0.1) is 0 Å². The van der Waals surface area contributed by atoms with E-state index in [1.54, 1.807) is 14.2 Å². The maximum absolute atomic E-state index is 13.5. The van der Waals surface area contributed by atoms with E-state index >= 15 is 0 Å². The van der Waals surface area contributed by atoms with E-state index in [0.29, 0.717) is 31.2 Å². The molecule has 2 aromatic carbocycles. The summed E-state index contributed by atoms with van der Waals surface area (Å²) in [7, 11) is 3.35. The molecule has 0 aliphatic carbocycles. The summed E-state index contributed by atoms with van der Waals surface area (Å²) in [6.07, 6.45) is 5.14. The number of anilines is 1. The number of rotatable bonds is 15. The van der Waals surface area contributed by atoms with Gasteiger partial charge in [0.05, 0.1) is 27.4 Å². The normalized spacial score (nSPS) is 13.8. The molecule has 1 saturated heterocycles. The summed E-state index contributed by atoms with van der Waals surface area (Å²) in [6, 6.07) is 12.1. The summed E-state index contributed by atoms with van der Waals surface area (Å²) in [5, 5.41) is 0. The molecule has 0 atom stereocenters. The molecule has 0 radical (unpaired) electrons. The predicted molar refractivity (Wildman–Crippen MR) is 150 cm³/mol. The van der Waals surface area contributed by atoms with Crippen LogP contribution >= 0.6 is 0 Å². The van der Waals surface area contributed by atoms with Crippen LogP contribution in [0.25, 0.3) is 0 Å². The number of hydrogen-bond donors (Lipinski definition) is 0. The molecule has 204 valence electrons. The van der Waals surface area contributed by atoms with Crippen LogP contribution in [-0.2, 0) is 13.0 Å². The average Bonchev–Trinajstić information content (AvgIpc) is 2.93. The quantitative estimate of drug-likeness (QED) is 0.275. The molecule has 1 fully saturated rings. The lowest BCUT2D eigenvalue weighted by molar-refractivity contribution is 0.191. The van der Waals surface area contributed by atoms with Crippen molar-refractivity contribution in [1.29, 1.82) is 0 Å². The van der Waals surface area contributed by atoms with Crippen LogP contribution in [0.4, 0.5) is 10.5 Å². The van der Waals surface area contributed by atoms with E-state index in [9.17, 15) is 4.79 Å². The smallest absolute Gasteiger partial charge is 0.324 e. The zero-order valence-corrected chi connectivity index (χ0v) is 23.4. The fourth-order valence-electron chi connectivity index (χ4n) is 4.76. The Morgan fingerprint density at radius 3 is 2.38 bits per heavy atom. The number of ether oxygens (including phenoxy) is 3. The highest BCUT2D eigenvalue weighted by molar-refractivity contribution is 5.93. The van der Waals surface area contributed by atoms with Crippen LogP contribution < -0.4 is 19.1 Å². The minimum absolute atomic E-state index is 0.000938. The van der Waals surface area contributed by atoms with Gasteiger partial charge in [-0.3, -0.25) is 4.90 Å². The topological polar surface area (TPSA) is 54.5 Å². The lowest BCUT2D eigenvalue weighted by Crippen LogP contribution is -2.49. The number of likely N-dealkylation sites (N-methyl/N-ethyl adjacent to an activating group) is 1. The van der Waals surface area contributed by atoms with E-state index in [1.807, 2.05) is 28.0 Å². The van der Waals surface area contributed by atoms with Crippen LogP contribution in [0.2, 0.25) is 0 Å². The molecule has 0 unspecified atom stereocenters. The highest BCUT2D eigenvalue weighted by Gasteiger charge is 2.28. The van der Waals surface area contributed by atoms with Gasteiger partial charge in [-0.2, -0.15) is 0 Å². The zero-order chi connectivity index (χ0) is 26.6. The molecular weight excluding hydrogens is 466 g/mol. The summed E-state index contributed by atoms with van der Waals surface area (Å²) in [4.78, 5) is 19.7. The summed E-state index contributed by atoms with van der Waals surface area (Å²) >= 11 is 0. The summed E-state index contributed by atoms with van der Waals surface area (Å²) in [5.41, 5.74) is 3.11. The van der Waals surface area contributed by atoms with Gasteiger partial charge in [0.15, 0.2) is 11.5 Å². The molecule has 1 aliphatic heterocycles. The molecule has 2 amide bonds. The fraction of sp³-hybridized carbons (Fsp3) is 0.567. The molecule has 0 aromatic heterocycles. The number of carbonyl (C=O) groups excluding carboxylic acids is 1. The van der Waals surface area contributed by atoms with Crippen molar-refractivity contribution in [1.82, 2.24) is 9.80 Å². The molecule has 7 nitrogen and oxygen atoms in total. The number of urea groups is 1. The Kier molecular flexibility index (Phi) is 11.4. The van der Waals surface area contributed by atoms with Crippen molar-refractivity contribution in [3.8, 4) is 17.2 Å². The summed E-state index contributed by atoms with van der Waals surface area (Å²) in [5.74, 6) is 2.21. The Bertz CT molecular complexity index is 993. The van der Waals surface area contributed by atoms with Crippen molar-refractivity contribution in [3.05, 3.63) is 47.5 Å². The second-order valence-corrected chi connectivity index (χ2v) is 9.52. The van der Waals surface area contributed by atoms with Crippen molar-refractivity contribution in [2.24, 2.45) is 0 Å². The van der Waals surface area contributed by atoms with E-state index in [0.717, 1.165) is 75.3 Å². The monoisotopic (exact) mass is 511 g/mol. The maximum atomic E-state index is 13.5. The van der Waals surface area contributed by atoms with Crippen molar-refractivity contribution >= 4 is 11.7 Å². The Morgan fingerprint density at radius 1 is 0.892 bits per heavy atom. The summed E-state index contributed by atoms with van der Waals surface area (Å²) < 4.78 is 17.2. The molecule has 7 heteroatoms. The third kappa shape index (κ3) is 7.78. The van der Waals surface area contributed by atoms with Crippen molar-refractivity contribution in [3.63, 3.8) is 0 Å². The second-order valence-electron chi connectivity index (χ2n) is 9.52. The number of benzene rings is 2.